The van der Waals surface area contributed by atoms with E-state index in [1.807, 2.05) is 12.1 Å². The van der Waals surface area contributed by atoms with Crippen LogP contribution in [0.4, 0.5) is 0 Å². The third kappa shape index (κ3) is 1.73. The van der Waals surface area contributed by atoms with Crippen molar-refractivity contribution in [1.29, 1.82) is 0 Å². The number of carbonyl (C=O) groups excluding carboxylic acids is 1. The number of carbonyl (C=O) groups is 1. The minimum Gasteiger partial charge on any atom is -0.295 e. The molecule has 0 saturated carbocycles. The number of hydrogen-bond acceptors (Lipinski definition) is 1. The zero-order chi connectivity index (χ0) is 11.9. The topological polar surface area (TPSA) is 17.1 Å². The van der Waals surface area contributed by atoms with E-state index in [4.69, 9.17) is 0 Å². The van der Waals surface area contributed by atoms with Crippen LogP contribution in [0, 0.1) is 20.8 Å². The van der Waals surface area contributed by atoms with Crippen LogP contribution in [0.25, 0.3) is 11.1 Å². The Kier molecular flexibility index (Phi) is 2.55. The highest BCUT2D eigenvalue weighted by Crippen LogP contribution is 2.32. The molecular formula is C15H16O. The summed E-state index contributed by atoms with van der Waals surface area (Å²) in [6.07, 6.45) is 0. The molecule has 0 amide bonds. The lowest BCUT2D eigenvalue weighted by Crippen LogP contribution is -1.85. The van der Waals surface area contributed by atoms with Crippen molar-refractivity contribution in [3.63, 3.8) is 0 Å². The molecule has 0 fully saturated rings. The van der Waals surface area contributed by atoms with Crippen LogP contribution in [-0.4, -0.2) is 5.78 Å². The van der Waals surface area contributed by atoms with Crippen LogP contribution in [-0.2, 0) is 0 Å². The molecule has 2 aliphatic carbocycles. The van der Waals surface area contributed by atoms with Crippen LogP contribution in [0.15, 0.2) is 24.3 Å². The normalized spacial score (nSPS) is 10.8. The Morgan fingerprint density at radius 1 is 0.875 bits per heavy atom. The molecular weight excluding hydrogens is 196 g/mol. The fourth-order valence-electron chi connectivity index (χ4n) is 2.24. The molecule has 0 aromatic carbocycles. The van der Waals surface area contributed by atoms with E-state index in [-0.39, 0.29) is 5.78 Å². The summed E-state index contributed by atoms with van der Waals surface area (Å²) in [5.74, 6) is 0.134. The maximum Gasteiger partial charge on any atom is 0.159 e. The van der Waals surface area contributed by atoms with Crippen molar-refractivity contribution in [2.75, 3.05) is 0 Å². The van der Waals surface area contributed by atoms with Gasteiger partial charge in [0.05, 0.1) is 0 Å². The van der Waals surface area contributed by atoms with Crippen molar-refractivity contribution in [3.8, 4) is 11.1 Å². The highest BCUT2D eigenvalue weighted by molar-refractivity contribution is 5.98. The van der Waals surface area contributed by atoms with E-state index < -0.39 is 0 Å². The Bertz CT molecular complexity index is 498. The first-order chi connectivity index (χ1) is 7.49. The zero-order valence-corrected chi connectivity index (χ0v) is 10.2. The standard InChI is InChI=1S/C15H16O/c1-9-5-10(2)14-7-13(12(4)16)8-15(14)11(3)6-9/h5-8H,1-4H3. The Morgan fingerprint density at radius 2 is 1.31 bits per heavy atom. The molecule has 0 heterocycles. The Morgan fingerprint density at radius 3 is 1.69 bits per heavy atom. The molecule has 1 heteroatoms. The number of aryl methyl sites for hydroxylation is 3. The van der Waals surface area contributed by atoms with Gasteiger partial charge in [-0.2, -0.15) is 0 Å². The molecule has 0 spiro atoms. The molecule has 0 aliphatic heterocycles. The first-order valence-electron chi connectivity index (χ1n) is 5.51. The summed E-state index contributed by atoms with van der Waals surface area (Å²) in [6, 6.07) is 8.33. The van der Waals surface area contributed by atoms with Crippen LogP contribution in [0.2, 0.25) is 0 Å². The molecule has 16 heavy (non-hydrogen) atoms. The van der Waals surface area contributed by atoms with Crippen molar-refractivity contribution in [2.24, 2.45) is 0 Å². The van der Waals surface area contributed by atoms with Gasteiger partial charge in [0.1, 0.15) is 0 Å². The lowest BCUT2D eigenvalue weighted by Gasteiger charge is -1.98. The van der Waals surface area contributed by atoms with Crippen LogP contribution in [0.3, 0.4) is 0 Å². The predicted molar refractivity (Wildman–Crippen MR) is 67.3 cm³/mol. The van der Waals surface area contributed by atoms with Crippen LogP contribution < -0.4 is 0 Å². The average molecular weight is 212 g/mol. The van der Waals surface area contributed by atoms with Gasteiger partial charge >= 0.3 is 0 Å². The van der Waals surface area contributed by atoms with Gasteiger partial charge in [0.2, 0.25) is 0 Å². The second kappa shape index (κ2) is 3.75. The summed E-state index contributed by atoms with van der Waals surface area (Å²) >= 11 is 0. The van der Waals surface area contributed by atoms with Gasteiger partial charge in [-0.05, 0) is 62.1 Å². The molecule has 0 aromatic rings. The van der Waals surface area contributed by atoms with E-state index in [0.717, 1.165) is 5.56 Å². The lowest BCUT2D eigenvalue weighted by atomic mass is 10.1. The summed E-state index contributed by atoms with van der Waals surface area (Å²) in [4.78, 5) is 11.4. The van der Waals surface area contributed by atoms with Gasteiger partial charge in [-0.3, -0.25) is 4.79 Å². The number of ketones is 1. The smallest absolute Gasteiger partial charge is 0.159 e. The second-order valence-electron chi connectivity index (χ2n) is 4.53. The quantitative estimate of drug-likeness (QED) is 0.655. The average Bonchev–Trinajstić information content (AvgIpc) is 2.57. The van der Waals surface area contributed by atoms with E-state index in [2.05, 4.69) is 32.9 Å². The largest absolute Gasteiger partial charge is 0.295 e. The fourth-order valence-corrected chi connectivity index (χ4v) is 2.24. The second-order valence-corrected chi connectivity index (χ2v) is 4.53. The zero-order valence-electron chi connectivity index (χ0n) is 10.2. The van der Waals surface area contributed by atoms with Crippen molar-refractivity contribution in [1.82, 2.24) is 0 Å². The Labute approximate surface area is 96.5 Å². The SMILES string of the molecule is CC(=O)c1cc2c(C)cc(C)cc(C)c-2c1. The van der Waals surface area contributed by atoms with E-state index in [1.165, 1.54) is 27.8 Å². The number of Topliss-reactive ketones (excluding diaryl/α,β-unsaturated/α-hetero) is 1. The minimum absolute atomic E-state index is 0.134. The highest BCUT2D eigenvalue weighted by atomic mass is 16.1. The molecule has 2 rings (SSSR count). The van der Waals surface area contributed by atoms with Gasteiger partial charge < -0.3 is 0 Å². The van der Waals surface area contributed by atoms with Gasteiger partial charge in [0.25, 0.3) is 0 Å². The first-order valence-corrected chi connectivity index (χ1v) is 5.51. The number of rotatable bonds is 1. The summed E-state index contributed by atoms with van der Waals surface area (Å²) in [5, 5.41) is 0. The third-order valence-corrected chi connectivity index (χ3v) is 3.03. The predicted octanol–water partition coefficient (Wildman–Crippen LogP) is 3.92. The van der Waals surface area contributed by atoms with Crippen LogP contribution in [0.1, 0.15) is 34.0 Å². The number of hydrogen-bond donors (Lipinski definition) is 0. The molecule has 0 unspecified atom stereocenters. The van der Waals surface area contributed by atoms with Gasteiger partial charge in [0, 0.05) is 5.56 Å². The van der Waals surface area contributed by atoms with Gasteiger partial charge in [-0.1, -0.05) is 17.7 Å². The maximum atomic E-state index is 11.4. The molecule has 0 atom stereocenters. The van der Waals surface area contributed by atoms with Crippen LogP contribution >= 0.6 is 0 Å². The van der Waals surface area contributed by atoms with Crippen molar-refractivity contribution < 1.29 is 4.79 Å². The van der Waals surface area contributed by atoms with Crippen LogP contribution in [0.5, 0.6) is 0 Å². The maximum absolute atomic E-state index is 11.4. The third-order valence-electron chi connectivity index (χ3n) is 3.03. The minimum atomic E-state index is 0.134. The van der Waals surface area contributed by atoms with Crippen molar-refractivity contribution in [2.45, 2.75) is 27.7 Å². The van der Waals surface area contributed by atoms with E-state index in [0.29, 0.717) is 0 Å². The fraction of sp³-hybridized carbons (Fsp3) is 0.267. The lowest BCUT2D eigenvalue weighted by molar-refractivity contribution is 0.101. The first kappa shape index (κ1) is 10.9. The highest BCUT2D eigenvalue weighted by Gasteiger charge is 2.13. The van der Waals surface area contributed by atoms with Crippen molar-refractivity contribution in [3.05, 3.63) is 46.5 Å². The molecule has 2 aliphatic rings. The van der Waals surface area contributed by atoms with E-state index in [1.54, 1.807) is 6.92 Å². The molecule has 1 nitrogen and oxygen atoms in total. The van der Waals surface area contributed by atoms with E-state index >= 15 is 0 Å². The summed E-state index contributed by atoms with van der Waals surface area (Å²) < 4.78 is 0. The molecule has 0 N–H and O–H groups in total. The molecule has 82 valence electrons. The van der Waals surface area contributed by atoms with Gasteiger partial charge in [0.15, 0.2) is 5.78 Å². The Balaban J connectivity index is 2.81. The van der Waals surface area contributed by atoms with E-state index in [9.17, 15) is 4.79 Å². The molecule has 0 radical (unpaired) electrons. The van der Waals surface area contributed by atoms with Crippen molar-refractivity contribution >= 4 is 5.78 Å². The Hall–Kier alpha value is -1.63. The van der Waals surface area contributed by atoms with Gasteiger partial charge in [-0.25, -0.2) is 0 Å². The summed E-state index contributed by atoms with van der Waals surface area (Å²) in [6.45, 7) is 7.91. The molecule has 0 saturated heterocycles. The molecule has 0 aromatic heterocycles. The summed E-state index contributed by atoms with van der Waals surface area (Å²) in [5.41, 5.74) is 6.91. The monoisotopic (exact) mass is 212 g/mol. The summed E-state index contributed by atoms with van der Waals surface area (Å²) in [7, 11) is 0. The number of fused-ring (bicyclic) bond motifs is 1. The molecule has 0 bridgehead atoms. The van der Waals surface area contributed by atoms with Gasteiger partial charge in [-0.15, -0.1) is 0 Å².